The molecule has 3 aromatic heterocycles. The molecule has 4 aromatic rings. The number of aryl methyl sites for hydroxylation is 2. The SMILES string of the molecule is CCc1nc2cc(C#N)ccn2c1Cc1csc2cccc(C)c12. The van der Waals surface area contributed by atoms with E-state index in [-0.39, 0.29) is 0 Å². The fourth-order valence-corrected chi connectivity index (χ4v) is 4.38. The van der Waals surface area contributed by atoms with Gasteiger partial charge in [-0.25, -0.2) is 4.98 Å². The summed E-state index contributed by atoms with van der Waals surface area (Å²) < 4.78 is 3.46. The van der Waals surface area contributed by atoms with Gasteiger partial charge in [0.05, 0.1) is 23.0 Å². The highest BCUT2D eigenvalue weighted by atomic mass is 32.1. The van der Waals surface area contributed by atoms with Crippen LogP contribution < -0.4 is 0 Å². The lowest BCUT2D eigenvalue weighted by molar-refractivity contribution is 0.970. The van der Waals surface area contributed by atoms with E-state index in [1.54, 1.807) is 11.3 Å². The van der Waals surface area contributed by atoms with Gasteiger partial charge in [0.15, 0.2) is 0 Å². The summed E-state index contributed by atoms with van der Waals surface area (Å²) in [5.74, 6) is 0. The summed E-state index contributed by atoms with van der Waals surface area (Å²) in [6, 6.07) is 12.4. The van der Waals surface area contributed by atoms with Crippen molar-refractivity contribution in [2.24, 2.45) is 0 Å². The molecule has 4 rings (SSSR count). The summed E-state index contributed by atoms with van der Waals surface area (Å²) in [5.41, 5.74) is 6.52. The van der Waals surface area contributed by atoms with Gasteiger partial charge in [-0.15, -0.1) is 11.3 Å². The minimum atomic E-state index is 0.651. The number of rotatable bonds is 3. The maximum absolute atomic E-state index is 9.10. The summed E-state index contributed by atoms with van der Waals surface area (Å²) in [6.45, 7) is 4.31. The Labute approximate surface area is 144 Å². The fourth-order valence-electron chi connectivity index (χ4n) is 3.34. The first-order valence-corrected chi connectivity index (χ1v) is 8.95. The first-order chi connectivity index (χ1) is 11.7. The molecule has 0 radical (unpaired) electrons. The van der Waals surface area contributed by atoms with Crippen LogP contribution in [0.25, 0.3) is 15.7 Å². The van der Waals surface area contributed by atoms with Gasteiger partial charge in [0.2, 0.25) is 0 Å². The number of aromatic nitrogens is 2. The first-order valence-electron chi connectivity index (χ1n) is 8.07. The van der Waals surface area contributed by atoms with Gasteiger partial charge in [-0.05, 0) is 53.4 Å². The Balaban J connectivity index is 1.88. The van der Waals surface area contributed by atoms with Crippen LogP contribution in [0, 0.1) is 18.3 Å². The number of pyridine rings is 1. The number of fused-ring (bicyclic) bond motifs is 2. The largest absolute Gasteiger partial charge is 0.303 e. The number of thiophene rings is 1. The van der Waals surface area contributed by atoms with Gasteiger partial charge in [0, 0.05) is 17.3 Å². The van der Waals surface area contributed by atoms with E-state index >= 15 is 0 Å². The highest BCUT2D eigenvalue weighted by Gasteiger charge is 2.15. The van der Waals surface area contributed by atoms with Gasteiger partial charge in [0.25, 0.3) is 0 Å². The Morgan fingerprint density at radius 3 is 2.96 bits per heavy atom. The van der Waals surface area contributed by atoms with Crippen molar-refractivity contribution < 1.29 is 0 Å². The van der Waals surface area contributed by atoms with E-state index in [0.29, 0.717) is 5.56 Å². The summed E-state index contributed by atoms with van der Waals surface area (Å²) in [5, 5.41) is 12.7. The van der Waals surface area contributed by atoms with Gasteiger partial charge < -0.3 is 4.40 Å². The molecule has 3 heterocycles. The molecule has 0 aliphatic heterocycles. The second kappa shape index (κ2) is 5.77. The van der Waals surface area contributed by atoms with E-state index in [9.17, 15) is 0 Å². The number of hydrogen-bond acceptors (Lipinski definition) is 3. The van der Waals surface area contributed by atoms with E-state index in [2.05, 4.69) is 47.9 Å². The van der Waals surface area contributed by atoms with Crippen molar-refractivity contribution in [1.82, 2.24) is 9.38 Å². The molecule has 0 aliphatic carbocycles. The van der Waals surface area contributed by atoms with Gasteiger partial charge in [0.1, 0.15) is 5.65 Å². The average molecular weight is 331 g/mol. The maximum atomic E-state index is 9.10. The molecule has 0 unspecified atom stereocenters. The third-order valence-corrected chi connectivity index (χ3v) is 5.51. The van der Waals surface area contributed by atoms with Crippen LogP contribution in [0.3, 0.4) is 0 Å². The standard InChI is InChI=1S/C20H17N3S/c1-3-16-17(23-8-7-14(11-21)9-19(23)22-16)10-15-12-24-18-6-4-5-13(2)20(15)18/h4-9,12H,3,10H2,1-2H3. The summed E-state index contributed by atoms with van der Waals surface area (Å²) in [6.07, 6.45) is 3.72. The van der Waals surface area contributed by atoms with Crippen molar-refractivity contribution in [3.63, 3.8) is 0 Å². The zero-order valence-corrected chi connectivity index (χ0v) is 14.5. The molecule has 0 saturated heterocycles. The van der Waals surface area contributed by atoms with Gasteiger partial charge >= 0.3 is 0 Å². The molecule has 24 heavy (non-hydrogen) atoms. The summed E-state index contributed by atoms with van der Waals surface area (Å²) in [7, 11) is 0. The Morgan fingerprint density at radius 2 is 2.17 bits per heavy atom. The van der Waals surface area contributed by atoms with Crippen LogP contribution in [0.2, 0.25) is 0 Å². The normalized spacial score (nSPS) is 11.2. The Kier molecular flexibility index (Phi) is 3.59. The number of nitrogens with zero attached hydrogens (tertiary/aromatic N) is 3. The number of nitriles is 1. The summed E-state index contributed by atoms with van der Waals surface area (Å²) >= 11 is 1.80. The smallest absolute Gasteiger partial charge is 0.138 e. The lowest BCUT2D eigenvalue weighted by Gasteiger charge is -2.05. The minimum Gasteiger partial charge on any atom is -0.303 e. The maximum Gasteiger partial charge on any atom is 0.138 e. The topological polar surface area (TPSA) is 41.1 Å². The zero-order valence-electron chi connectivity index (χ0n) is 13.7. The number of hydrogen-bond donors (Lipinski definition) is 0. The Morgan fingerprint density at radius 1 is 1.29 bits per heavy atom. The summed E-state index contributed by atoms with van der Waals surface area (Å²) in [4.78, 5) is 4.74. The van der Waals surface area contributed by atoms with Crippen LogP contribution in [0.4, 0.5) is 0 Å². The van der Waals surface area contributed by atoms with Crippen LogP contribution in [0.5, 0.6) is 0 Å². The molecule has 0 N–H and O–H groups in total. The minimum absolute atomic E-state index is 0.651. The predicted octanol–water partition coefficient (Wildman–Crippen LogP) is 4.88. The van der Waals surface area contributed by atoms with Crippen LogP contribution >= 0.6 is 11.3 Å². The molecular formula is C20H17N3S. The Hall–Kier alpha value is -2.64. The highest BCUT2D eigenvalue weighted by molar-refractivity contribution is 7.17. The van der Waals surface area contributed by atoms with Crippen molar-refractivity contribution in [3.05, 3.63) is 70.0 Å². The van der Waals surface area contributed by atoms with E-state index in [4.69, 9.17) is 10.2 Å². The quantitative estimate of drug-likeness (QED) is 0.537. The van der Waals surface area contributed by atoms with Gasteiger partial charge in [-0.1, -0.05) is 19.1 Å². The van der Waals surface area contributed by atoms with Crippen LogP contribution in [0.15, 0.2) is 41.9 Å². The third kappa shape index (κ3) is 2.29. The molecule has 0 aliphatic rings. The van der Waals surface area contributed by atoms with E-state index in [1.165, 1.54) is 26.9 Å². The monoisotopic (exact) mass is 331 g/mol. The van der Waals surface area contributed by atoms with Gasteiger partial charge in [-0.3, -0.25) is 0 Å². The molecule has 0 saturated carbocycles. The van der Waals surface area contributed by atoms with E-state index in [0.717, 1.165) is 24.2 Å². The van der Waals surface area contributed by atoms with Crippen LogP contribution in [-0.4, -0.2) is 9.38 Å². The highest BCUT2D eigenvalue weighted by Crippen LogP contribution is 2.31. The van der Waals surface area contributed by atoms with Crippen molar-refractivity contribution in [1.29, 1.82) is 5.26 Å². The zero-order chi connectivity index (χ0) is 16.7. The van der Waals surface area contributed by atoms with Crippen molar-refractivity contribution >= 4 is 27.1 Å². The van der Waals surface area contributed by atoms with Crippen molar-refractivity contribution in [2.45, 2.75) is 26.7 Å². The average Bonchev–Trinajstić information content (AvgIpc) is 3.17. The van der Waals surface area contributed by atoms with E-state index in [1.807, 2.05) is 18.3 Å². The molecule has 0 spiro atoms. The molecule has 0 amide bonds. The fraction of sp³-hybridized carbons (Fsp3) is 0.200. The molecule has 3 nitrogen and oxygen atoms in total. The van der Waals surface area contributed by atoms with Crippen molar-refractivity contribution in [3.8, 4) is 6.07 Å². The number of benzene rings is 1. The second-order valence-corrected chi connectivity index (χ2v) is 6.91. The Bertz CT molecular complexity index is 1100. The molecule has 1 aromatic carbocycles. The molecule has 0 bridgehead atoms. The van der Waals surface area contributed by atoms with Crippen LogP contribution in [-0.2, 0) is 12.8 Å². The van der Waals surface area contributed by atoms with Gasteiger partial charge in [-0.2, -0.15) is 5.26 Å². The van der Waals surface area contributed by atoms with Crippen molar-refractivity contribution in [2.75, 3.05) is 0 Å². The lowest BCUT2D eigenvalue weighted by atomic mass is 10.0. The molecule has 4 heteroatoms. The number of imidazole rings is 1. The predicted molar refractivity (Wildman–Crippen MR) is 98.7 cm³/mol. The second-order valence-electron chi connectivity index (χ2n) is 6.00. The molecular weight excluding hydrogens is 314 g/mol. The first kappa shape index (κ1) is 14.9. The molecule has 0 atom stereocenters. The third-order valence-electron chi connectivity index (χ3n) is 4.51. The van der Waals surface area contributed by atoms with Crippen LogP contribution in [0.1, 0.15) is 35.0 Å². The molecule has 118 valence electrons. The van der Waals surface area contributed by atoms with E-state index < -0.39 is 0 Å². The lowest BCUT2D eigenvalue weighted by Crippen LogP contribution is -1.98. The molecule has 0 fully saturated rings.